The Hall–Kier alpha value is -3.75. The van der Waals surface area contributed by atoms with Gasteiger partial charge in [0.1, 0.15) is 12.1 Å². The molecule has 0 saturated heterocycles. The molecule has 0 aliphatic carbocycles. The maximum atomic E-state index is 11.6. The van der Waals surface area contributed by atoms with E-state index in [1.54, 1.807) is 42.7 Å². The first-order valence-electron chi connectivity index (χ1n) is 8.29. The Morgan fingerprint density at radius 2 is 1.93 bits per heavy atom. The normalized spacial score (nSPS) is 10.3. The maximum absolute atomic E-state index is 11.6. The van der Waals surface area contributed by atoms with Gasteiger partial charge < -0.3 is 15.4 Å². The van der Waals surface area contributed by atoms with Crippen LogP contribution in [0.4, 0.5) is 23.0 Å². The van der Waals surface area contributed by atoms with Crippen LogP contribution in [0.15, 0.2) is 55.1 Å². The molecule has 2 heterocycles. The van der Waals surface area contributed by atoms with Crippen LogP contribution in [0.1, 0.15) is 12.5 Å². The fourth-order valence-electron chi connectivity index (χ4n) is 2.40. The minimum Gasteiger partial charge on any atom is -0.494 e. The molecule has 3 aromatic rings. The van der Waals surface area contributed by atoms with E-state index >= 15 is 0 Å². The molecule has 3 rings (SSSR count). The summed E-state index contributed by atoms with van der Waals surface area (Å²) in [5.74, 6) is 0.958. The first-order chi connectivity index (χ1) is 13.2. The number of nitro groups is 1. The largest absolute Gasteiger partial charge is 0.494 e. The Kier molecular flexibility index (Phi) is 5.73. The van der Waals surface area contributed by atoms with Crippen LogP contribution in [0, 0.1) is 10.1 Å². The number of benzene rings is 1. The molecule has 0 atom stereocenters. The van der Waals surface area contributed by atoms with E-state index in [2.05, 4.69) is 25.6 Å². The van der Waals surface area contributed by atoms with E-state index < -0.39 is 4.92 Å². The monoisotopic (exact) mass is 366 g/mol. The molecule has 1 aromatic carbocycles. The lowest BCUT2D eigenvalue weighted by atomic mass is 10.3. The van der Waals surface area contributed by atoms with Crippen LogP contribution in [-0.4, -0.2) is 26.5 Å². The van der Waals surface area contributed by atoms with Crippen molar-refractivity contribution in [2.75, 3.05) is 17.2 Å². The fourth-order valence-corrected chi connectivity index (χ4v) is 2.40. The predicted molar refractivity (Wildman–Crippen MR) is 101 cm³/mol. The molecule has 0 radical (unpaired) electrons. The van der Waals surface area contributed by atoms with E-state index in [9.17, 15) is 10.1 Å². The summed E-state index contributed by atoms with van der Waals surface area (Å²) in [5, 5.41) is 17.5. The Morgan fingerprint density at radius 1 is 1.15 bits per heavy atom. The molecule has 138 valence electrons. The molecule has 0 bridgehead atoms. The van der Waals surface area contributed by atoms with E-state index in [-0.39, 0.29) is 17.3 Å². The van der Waals surface area contributed by atoms with Gasteiger partial charge in [-0.3, -0.25) is 15.1 Å². The van der Waals surface area contributed by atoms with Crippen molar-refractivity contribution < 1.29 is 9.66 Å². The Labute approximate surface area is 155 Å². The van der Waals surface area contributed by atoms with Crippen LogP contribution in [0.3, 0.4) is 0 Å². The van der Waals surface area contributed by atoms with Gasteiger partial charge >= 0.3 is 5.69 Å². The minimum atomic E-state index is -0.511. The molecular weight excluding hydrogens is 348 g/mol. The van der Waals surface area contributed by atoms with E-state index in [0.717, 1.165) is 11.3 Å². The van der Waals surface area contributed by atoms with Crippen LogP contribution in [-0.2, 0) is 6.54 Å². The molecule has 0 aliphatic heterocycles. The SMILES string of the molecule is CCOc1ccc(Nc2ncnc(NCc3cccnc3)c2[N+](=O)[O-])cc1. The van der Waals surface area contributed by atoms with Gasteiger partial charge in [0.2, 0.25) is 11.6 Å². The first-order valence-corrected chi connectivity index (χ1v) is 8.29. The second-order valence-corrected chi connectivity index (χ2v) is 5.47. The molecule has 0 unspecified atom stereocenters. The van der Waals surface area contributed by atoms with E-state index in [1.807, 2.05) is 13.0 Å². The number of pyridine rings is 1. The minimum absolute atomic E-state index is 0.104. The molecule has 0 aliphatic rings. The van der Waals surface area contributed by atoms with Crippen LogP contribution < -0.4 is 15.4 Å². The third kappa shape index (κ3) is 4.66. The number of nitrogens with zero attached hydrogens (tertiary/aromatic N) is 4. The number of hydrogen-bond acceptors (Lipinski definition) is 8. The molecule has 0 spiro atoms. The van der Waals surface area contributed by atoms with Crippen molar-refractivity contribution in [1.82, 2.24) is 15.0 Å². The Balaban J connectivity index is 1.81. The maximum Gasteiger partial charge on any atom is 0.353 e. The highest BCUT2D eigenvalue weighted by molar-refractivity contribution is 5.73. The third-order valence-electron chi connectivity index (χ3n) is 3.62. The van der Waals surface area contributed by atoms with Crippen molar-refractivity contribution in [3.8, 4) is 5.75 Å². The zero-order valence-corrected chi connectivity index (χ0v) is 14.6. The average molecular weight is 366 g/mol. The van der Waals surface area contributed by atoms with Gasteiger partial charge in [-0.15, -0.1) is 0 Å². The summed E-state index contributed by atoms with van der Waals surface area (Å²) in [6, 6.07) is 10.7. The van der Waals surface area contributed by atoms with Gasteiger partial charge in [-0.25, -0.2) is 9.97 Å². The molecule has 9 heteroatoms. The van der Waals surface area contributed by atoms with Gasteiger partial charge in [-0.05, 0) is 42.8 Å². The molecule has 0 fully saturated rings. The summed E-state index contributed by atoms with van der Waals surface area (Å²) in [7, 11) is 0. The highest BCUT2D eigenvalue weighted by Crippen LogP contribution is 2.31. The van der Waals surface area contributed by atoms with Gasteiger partial charge in [-0.2, -0.15) is 0 Å². The van der Waals surface area contributed by atoms with Gasteiger partial charge in [0, 0.05) is 24.6 Å². The van der Waals surface area contributed by atoms with Crippen LogP contribution >= 0.6 is 0 Å². The lowest BCUT2D eigenvalue weighted by Gasteiger charge is -2.10. The van der Waals surface area contributed by atoms with E-state index in [1.165, 1.54) is 6.33 Å². The summed E-state index contributed by atoms with van der Waals surface area (Å²) >= 11 is 0. The van der Waals surface area contributed by atoms with Crippen LogP contribution in [0.25, 0.3) is 0 Å². The van der Waals surface area contributed by atoms with Crippen molar-refractivity contribution >= 4 is 23.0 Å². The van der Waals surface area contributed by atoms with Gasteiger partial charge in [0.25, 0.3) is 0 Å². The average Bonchev–Trinajstić information content (AvgIpc) is 2.69. The summed E-state index contributed by atoms with van der Waals surface area (Å²) in [6.45, 7) is 2.82. The molecule has 0 saturated carbocycles. The molecule has 0 amide bonds. The van der Waals surface area contributed by atoms with Gasteiger partial charge in [-0.1, -0.05) is 6.07 Å². The van der Waals surface area contributed by atoms with Crippen molar-refractivity contribution in [3.05, 3.63) is 70.8 Å². The van der Waals surface area contributed by atoms with Gasteiger partial charge in [0.15, 0.2) is 0 Å². The Bertz CT molecular complexity index is 903. The lowest BCUT2D eigenvalue weighted by molar-refractivity contribution is -0.383. The number of nitrogens with one attached hydrogen (secondary N) is 2. The van der Waals surface area contributed by atoms with Gasteiger partial charge in [0.05, 0.1) is 11.5 Å². The molecule has 27 heavy (non-hydrogen) atoms. The summed E-state index contributed by atoms with van der Waals surface area (Å²) < 4.78 is 5.39. The lowest BCUT2D eigenvalue weighted by Crippen LogP contribution is -2.08. The van der Waals surface area contributed by atoms with E-state index in [4.69, 9.17) is 4.74 Å². The second-order valence-electron chi connectivity index (χ2n) is 5.47. The van der Waals surface area contributed by atoms with Crippen molar-refractivity contribution in [1.29, 1.82) is 0 Å². The molecule has 2 aromatic heterocycles. The number of rotatable bonds is 8. The standard InChI is InChI=1S/C18H18N6O3/c1-2-27-15-7-5-14(6-8-15)23-18-16(24(25)26)17(21-12-22-18)20-11-13-4-3-9-19-10-13/h3-10,12H,2,11H2,1H3,(H2,20,21,22,23). The zero-order chi connectivity index (χ0) is 19.1. The first kappa shape index (κ1) is 18.1. The number of ether oxygens (including phenoxy) is 1. The molecule has 9 nitrogen and oxygen atoms in total. The predicted octanol–water partition coefficient (Wildman–Crippen LogP) is 3.53. The second kappa shape index (κ2) is 8.56. The van der Waals surface area contributed by atoms with Crippen LogP contribution in [0.5, 0.6) is 5.75 Å². The third-order valence-corrected chi connectivity index (χ3v) is 3.62. The zero-order valence-electron chi connectivity index (χ0n) is 14.6. The number of hydrogen-bond donors (Lipinski definition) is 2. The quantitative estimate of drug-likeness (QED) is 0.459. The van der Waals surface area contributed by atoms with Crippen molar-refractivity contribution in [3.63, 3.8) is 0 Å². The molecular formula is C18H18N6O3. The summed E-state index contributed by atoms with van der Waals surface area (Å²) in [6.07, 6.45) is 4.62. The Morgan fingerprint density at radius 3 is 2.59 bits per heavy atom. The summed E-state index contributed by atoms with van der Waals surface area (Å²) in [5.41, 5.74) is 1.31. The van der Waals surface area contributed by atoms with Crippen LogP contribution in [0.2, 0.25) is 0 Å². The molecule has 2 N–H and O–H groups in total. The van der Waals surface area contributed by atoms with Crippen molar-refractivity contribution in [2.45, 2.75) is 13.5 Å². The fraction of sp³-hybridized carbons (Fsp3) is 0.167. The highest BCUT2D eigenvalue weighted by atomic mass is 16.6. The number of anilines is 3. The highest BCUT2D eigenvalue weighted by Gasteiger charge is 2.23. The van der Waals surface area contributed by atoms with E-state index in [0.29, 0.717) is 18.8 Å². The van der Waals surface area contributed by atoms with Crippen molar-refractivity contribution in [2.24, 2.45) is 0 Å². The number of aromatic nitrogens is 3. The summed E-state index contributed by atoms with van der Waals surface area (Å²) in [4.78, 5) is 23.1. The smallest absolute Gasteiger partial charge is 0.353 e. The topological polar surface area (TPSA) is 115 Å².